The summed E-state index contributed by atoms with van der Waals surface area (Å²) < 4.78 is 52.8. The highest BCUT2D eigenvalue weighted by molar-refractivity contribution is 7.92. The summed E-state index contributed by atoms with van der Waals surface area (Å²) in [4.78, 5) is 18.0. The van der Waals surface area contributed by atoms with Crippen molar-refractivity contribution in [3.05, 3.63) is 36.4 Å². The average molecular weight is 491 g/mol. The number of piperazine rings is 1. The minimum atomic E-state index is -3.76. The van der Waals surface area contributed by atoms with Crippen LogP contribution in [-0.4, -0.2) is 62.3 Å². The molecule has 0 aliphatic carbocycles. The van der Waals surface area contributed by atoms with Crippen LogP contribution in [0.1, 0.15) is 20.8 Å². The van der Waals surface area contributed by atoms with E-state index in [4.69, 9.17) is 9.47 Å². The van der Waals surface area contributed by atoms with E-state index < -0.39 is 20.4 Å². The number of nitrogens with one attached hydrogen (secondary N) is 1. The molecular formula is C23H27FN4O5S. The van der Waals surface area contributed by atoms with Crippen molar-refractivity contribution in [1.29, 1.82) is 0 Å². The molecule has 1 N–H and O–H groups in total. The third-order valence-corrected chi connectivity index (χ3v) is 8.29. The number of anilines is 1. The zero-order chi connectivity index (χ0) is 24.8. The quantitative estimate of drug-likeness (QED) is 0.587. The fourth-order valence-corrected chi connectivity index (χ4v) is 5.21. The largest absolute Gasteiger partial charge is 0.495 e. The second-order valence-electron chi connectivity index (χ2n) is 8.98. The molecule has 1 fully saturated rings. The summed E-state index contributed by atoms with van der Waals surface area (Å²) in [6, 6.07) is 4.56. The molecule has 1 amide bonds. The number of pyridine rings is 1. The first-order valence-electron chi connectivity index (χ1n) is 10.7. The highest BCUT2D eigenvalue weighted by Crippen LogP contribution is 2.38. The van der Waals surface area contributed by atoms with Gasteiger partial charge in [0.25, 0.3) is 0 Å². The monoisotopic (exact) mass is 490 g/mol. The Bertz CT molecular complexity index is 1380. The zero-order valence-electron chi connectivity index (χ0n) is 19.7. The number of nitrogens with zero attached hydrogens (tertiary/aromatic N) is 3. The molecule has 0 atom stereocenters. The number of benzene rings is 1. The molecule has 182 valence electrons. The first-order valence-corrected chi connectivity index (χ1v) is 12.2. The number of rotatable bonds is 5. The van der Waals surface area contributed by atoms with Gasteiger partial charge in [0.2, 0.25) is 5.91 Å². The summed E-state index contributed by atoms with van der Waals surface area (Å²) in [6.07, 6.45) is 2.99. The predicted molar refractivity (Wildman–Crippen MR) is 126 cm³/mol. The Morgan fingerprint density at radius 2 is 1.88 bits per heavy atom. The number of fused-ring (bicyclic) bond motifs is 1. The summed E-state index contributed by atoms with van der Waals surface area (Å²) in [6.45, 7) is 5.82. The Labute approximate surface area is 197 Å². The van der Waals surface area contributed by atoms with Crippen molar-refractivity contribution in [2.24, 2.45) is 0 Å². The van der Waals surface area contributed by atoms with E-state index in [0.717, 1.165) is 0 Å². The van der Waals surface area contributed by atoms with E-state index in [1.165, 1.54) is 38.7 Å². The highest BCUT2D eigenvalue weighted by atomic mass is 32.2. The van der Waals surface area contributed by atoms with E-state index in [9.17, 15) is 13.2 Å². The van der Waals surface area contributed by atoms with Crippen LogP contribution < -0.4 is 19.7 Å². The Morgan fingerprint density at radius 3 is 2.50 bits per heavy atom. The highest BCUT2D eigenvalue weighted by Gasteiger charge is 2.34. The number of carbonyl (C=O) groups is 1. The molecule has 2 aromatic heterocycles. The minimum absolute atomic E-state index is 0.0103. The fraction of sp³-hybridized carbons (Fsp3) is 0.391. The van der Waals surface area contributed by atoms with Crippen LogP contribution in [0.4, 0.5) is 10.1 Å². The van der Waals surface area contributed by atoms with Crippen molar-refractivity contribution in [3.63, 3.8) is 0 Å². The lowest BCUT2D eigenvalue weighted by molar-refractivity contribution is -0.120. The van der Waals surface area contributed by atoms with Gasteiger partial charge in [-0.05, 0) is 32.9 Å². The van der Waals surface area contributed by atoms with Crippen molar-refractivity contribution in [2.75, 3.05) is 38.8 Å². The van der Waals surface area contributed by atoms with Crippen LogP contribution in [0.3, 0.4) is 0 Å². The van der Waals surface area contributed by atoms with E-state index in [1.54, 1.807) is 36.1 Å². The van der Waals surface area contributed by atoms with Crippen LogP contribution in [0.25, 0.3) is 16.9 Å². The summed E-state index contributed by atoms with van der Waals surface area (Å²) in [5.41, 5.74) is 1.80. The maximum absolute atomic E-state index is 15.1. The molecular weight excluding hydrogens is 463 g/mol. The normalized spacial score (nSPS) is 14.9. The number of imidazole rings is 1. The number of aromatic nitrogens is 2. The lowest BCUT2D eigenvalue weighted by atomic mass is 10.1. The number of hydrogen-bond donors (Lipinski definition) is 1. The lowest BCUT2D eigenvalue weighted by Crippen LogP contribution is -2.47. The van der Waals surface area contributed by atoms with Crippen LogP contribution in [-0.2, 0) is 14.6 Å². The second-order valence-corrected chi connectivity index (χ2v) is 11.6. The number of halogens is 1. The molecule has 1 saturated heterocycles. The van der Waals surface area contributed by atoms with E-state index in [1.807, 2.05) is 0 Å². The lowest BCUT2D eigenvalue weighted by Gasteiger charge is -2.30. The number of amides is 1. The van der Waals surface area contributed by atoms with Crippen molar-refractivity contribution in [3.8, 4) is 22.8 Å². The molecule has 11 heteroatoms. The third kappa shape index (κ3) is 3.93. The van der Waals surface area contributed by atoms with Gasteiger partial charge < -0.3 is 19.7 Å². The van der Waals surface area contributed by atoms with E-state index in [2.05, 4.69) is 10.3 Å². The molecule has 3 aromatic rings. The van der Waals surface area contributed by atoms with Gasteiger partial charge in [0.15, 0.2) is 21.4 Å². The number of sulfone groups is 1. The number of hydrogen-bond acceptors (Lipinski definition) is 7. The Hall–Kier alpha value is -3.34. The third-order valence-electron chi connectivity index (χ3n) is 5.79. The first-order chi connectivity index (χ1) is 16.0. The van der Waals surface area contributed by atoms with Gasteiger partial charge in [-0.25, -0.2) is 17.8 Å². The number of methoxy groups -OCH3 is 2. The number of ether oxygens (including phenoxy) is 2. The summed E-state index contributed by atoms with van der Waals surface area (Å²) in [5, 5.41) is 2.75. The molecule has 0 saturated carbocycles. The maximum atomic E-state index is 15.1. The molecule has 0 bridgehead atoms. The molecule has 34 heavy (non-hydrogen) atoms. The Kier molecular flexibility index (Phi) is 5.92. The van der Waals surface area contributed by atoms with Crippen LogP contribution in [0.5, 0.6) is 11.5 Å². The maximum Gasteiger partial charge on any atom is 0.239 e. The van der Waals surface area contributed by atoms with E-state index in [0.29, 0.717) is 35.7 Å². The standard InChI is InChI=1S/C23H27FN4O5S/c1-23(2,3)34(30,31)19-12-28-17(11-26-20(28)10-18(19)32-4)14-8-15(24)22(33-5)16(9-14)27-7-6-25-21(29)13-27/h8-12H,6-7,13H2,1-5H3,(H,25,29). The molecule has 1 aliphatic rings. The Morgan fingerprint density at radius 1 is 1.15 bits per heavy atom. The van der Waals surface area contributed by atoms with Gasteiger partial charge in [0.1, 0.15) is 16.3 Å². The van der Waals surface area contributed by atoms with Gasteiger partial charge in [0.05, 0.1) is 43.1 Å². The summed E-state index contributed by atoms with van der Waals surface area (Å²) in [7, 11) is -0.987. The molecule has 1 aromatic carbocycles. The zero-order valence-corrected chi connectivity index (χ0v) is 20.5. The van der Waals surface area contributed by atoms with Crippen molar-refractivity contribution in [1.82, 2.24) is 14.7 Å². The summed E-state index contributed by atoms with van der Waals surface area (Å²) >= 11 is 0. The molecule has 9 nitrogen and oxygen atoms in total. The van der Waals surface area contributed by atoms with E-state index in [-0.39, 0.29) is 28.8 Å². The fourth-order valence-electron chi connectivity index (χ4n) is 3.90. The van der Waals surface area contributed by atoms with Crippen LogP contribution in [0.2, 0.25) is 0 Å². The van der Waals surface area contributed by atoms with Crippen molar-refractivity contribution < 1.29 is 27.1 Å². The number of carbonyl (C=O) groups excluding carboxylic acids is 1. The van der Waals surface area contributed by atoms with Crippen LogP contribution in [0.15, 0.2) is 35.5 Å². The summed E-state index contributed by atoms with van der Waals surface area (Å²) in [5.74, 6) is -0.560. The van der Waals surface area contributed by atoms with Crippen molar-refractivity contribution in [2.45, 2.75) is 30.4 Å². The SMILES string of the molecule is COc1cc2ncc(-c3cc(F)c(OC)c(N4CCNC(=O)C4)c3)n2cc1S(=O)(=O)C(C)(C)C. The molecule has 0 unspecified atom stereocenters. The van der Waals surface area contributed by atoms with Crippen molar-refractivity contribution >= 4 is 27.1 Å². The second kappa shape index (κ2) is 8.46. The molecule has 3 heterocycles. The predicted octanol–water partition coefficient (Wildman–Crippen LogP) is 2.67. The molecule has 0 spiro atoms. The van der Waals surface area contributed by atoms with E-state index >= 15 is 4.39 Å². The molecule has 4 rings (SSSR count). The average Bonchev–Trinajstić information content (AvgIpc) is 3.19. The van der Waals surface area contributed by atoms with Crippen LogP contribution >= 0.6 is 0 Å². The molecule has 1 aliphatic heterocycles. The van der Waals surface area contributed by atoms with Gasteiger partial charge >= 0.3 is 0 Å². The van der Waals surface area contributed by atoms with Gasteiger partial charge in [-0.1, -0.05) is 0 Å². The Balaban J connectivity index is 1.92. The van der Waals surface area contributed by atoms with Gasteiger partial charge in [0, 0.05) is 30.9 Å². The minimum Gasteiger partial charge on any atom is -0.495 e. The van der Waals surface area contributed by atoms with Crippen LogP contribution in [0, 0.1) is 5.82 Å². The van der Waals surface area contributed by atoms with Gasteiger partial charge in [-0.2, -0.15) is 0 Å². The van der Waals surface area contributed by atoms with Gasteiger partial charge in [-0.15, -0.1) is 0 Å². The molecule has 0 radical (unpaired) electrons. The topological polar surface area (TPSA) is 102 Å². The first kappa shape index (κ1) is 23.8. The smallest absolute Gasteiger partial charge is 0.239 e. The van der Waals surface area contributed by atoms with Gasteiger partial charge in [-0.3, -0.25) is 9.20 Å².